The van der Waals surface area contributed by atoms with Gasteiger partial charge < -0.3 is 30.0 Å². The predicted molar refractivity (Wildman–Crippen MR) is 121 cm³/mol. The van der Waals surface area contributed by atoms with Gasteiger partial charge >= 0.3 is 17.9 Å². The van der Waals surface area contributed by atoms with E-state index >= 15 is 0 Å². The average molecular weight is 464 g/mol. The summed E-state index contributed by atoms with van der Waals surface area (Å²) in [6, 6.07) is 15.8. The first-order valence-corrected chi connectivity index (χ1v) is 10.6. The van der Waals surface area contributed by atoms with Gasteiger partial charge in [-0.3, -0.25) is 0 Å². The standard InChI is InChI=1S/C25H24N2O7/c1-15-19(22(28)33-14-16-8-4-3-5-9-16)25(24(30)34-15)17-10-6-7-11-18(17)27-21(26)20(25)23(29)32-13-12-31-2/h3-11,27H,12-14,26H2,1-2H3/t25-/m0/s1. The number of esters is 3. The van der Waals surface area contributed by atoms with Crippen LogP contribution in [-0.2, 0) is 45.4 Å². The number of carbonyl (C=O) groups excluding carboxylic acids is 3. The Hall–Kier alpha value is -4.11. The Kier molecular flexibility index (Phi) is 6.38. The largest absolute Gasteiger partial charge is 0.460 e. The zero-order chi connectivity index (χ0) is 24.3. The zero-order valence-corrected chi connectivity index (χ0v) is 18.8. The molecule has 34 heavy (non-hydrogen) atoms. The first-order valence-electron chi connectivity index (χ1n) is 10.6. The summed E-state index contributed by atoms with van der Waals surface area (Å²) in [5.74, 6) is -2.63. The first-order chi connectivity index (χ1) is 16.4. The highest BCUT2D eigenvalue weighted by Crippen LogP contribution is 2.52. The van der Waals surface area contributed by atoms with Gasteiger partial charge in [0.05, 0.1) is 6.61 Å². The van der Waals surface area contributed by atoms with Crippen molar-refractivity contribution >= 4 is 23.6 Å². The molecule has 0 aliphatic carbocycles. The topological polar surface area (TPSA) is 126 Å². The summed E-state index contributed by atoms with van der Waals surface area (Å²) in [4.78, 5) is 40.1. The van der Waals surface area contributed by atoms with Crippen molar-refractivity contribution in [1.82, 2.24) is 0 Å². The maximum Gasteiger partial charge on any atom is 0.339 e. The van der Waals surface area contributed by atoms with Gasteiger partial charge in [0.2, 0.25) is 0 Å². The van der Waals surface area contributed by atoms with Gasteiger partial charge in [0.1, 0.15) is 35.9 Å². The molecular formula is C25H24N2O7. The maximum atomic E-state index is 13.5. The second-order valence-corrected chi connectivity index (χ2v) is 7.72. The van der Waals surface area contributed by atoms with Gasteiger partial charge in [0.25, 0.3) is 0 Å². The number of allylic oxidation sites excluding steroid dienone is 1. The Morgan fingerprint density at radius 1 is 0.971 bits per heavy atom. The molecule has 1 atom stereocenters. The number of carbonyl (C=O) groups is 3. The third-order valence-corrected chi connectivity index (χ3v) is 5.67. The molecule has 0 radical (unpaired) electrons. The molecule has 0 saturated heterocycles. The predicted octanol–water partition coefficient (Wildman–Crippen LogP) is 2.28. The molecule has 0 fully saturated rings. The van der Waals surface area contributed by atoms with Crippen molar-refractivity contribution in [3.8, 4) is 0 Å². The second kappa shape index (κ2) is 9.40. The first kappa shape index (κ1) is 23.1. The van der Waals surface area contributed by atoms with Crippen molar-refractivity contribution in [2.24, 2.45) is 5.73 Å². The molecule has 0 bridgehead atoms. The molecule has 2 aromatic rings. The van der Waals surface area contributed by atoms with Crippen LogP contribution in [0.5, 0.6) is 0 Å². The number of hydrogen-bond donors (Lipinski definition) is 2. The summed E-state index contributed by atoms with van der Waals surface area (Å²) in [6.07, 6.45) is 0. The molecule has 0 unspecified atom stereocenters. The van der Waals surface area contributed by atoms with Crippen molar-refractivity contribution in [3.05, 3.63) is 88.5 Å². The fourth-order valence-corrected chi connectivity index (χ4v) is 4.21. The van der Waals surface area contributed by atoms with E-state index < -0.39 is 23.3 Å². The fraction of sp³-hybridized carbons (Fsp3) is 0.240. The molecule has 4 rings (SSSR count). The zero-order valence-electron chi connectivity index (χ0n) is 18.8. The molecule has 0 saturated carbocycles. The van der Waals surface area contributed by atoms with E-state index in [4.69, 9.17) is 24.7 Å². The third kappa shape index (κ3) is 3.80. The monoisotopic (exact) mass is 464 g/mol. The summed E-state index contributed by atoms with van der Waals surface area (Å²) in [6.45, 7) is 1.50. The minimum absolute atomic E-state index is 0.0229. The van der Waals surface area contributed by atoms with Crippen LogP contribution in [0.4, 0.5) is 5.69 Å². The van der Waals surface area contributed by atoms with Crippen molar-refractivity contribution in [2.75, 3.05) is 25.6 Å². The lowest BCUT2D eigenvalue weighted by molar-refractivity contribution is -0.148. The minimum Gasteiger partial charge on any atom is -0.460 e. The highest BCUT2D eigenvalue weighted by molar-refractivity contribution is 6.15. The molecule has 9 nitrogen and oxygen atoms in total. The molecule has 176 valence electrons. The number of nitrogens with one attached hydrogen (secondary N) is 1. The Morgan fingerprint density at radius 3 is 2.38 bits per heavy atom. The Labute approximate surface area is 196 Å². The molecule has 2 aliphatic heterocycles. The molecule has 9 heteroatoms. The van der Waals surface area contributed by atoms with E-state index in [1.807, 2.05) is 18.2 Å². The van der Waals surface area contributed by atoms with Crippen LogP contribution in [0.3, 0.4) is 0 Å². The van der Waals surface area contributed by atoms with Gasteiger partial charge in [0, 0.05) is 18.4 Å². The van der Waals surface area contributed by atoms with Crippen molar-refractivity contribution in [3.63, 3.8) is 0 Å². The maximum absolute atomic E-state index is 13.5. The third-order valence-electron chi connectivity index (χ3n) is 5.67. The van der Waals surface area contributed by atoms with Crippen LogP contribution in [0.1, 0.15) is 18.1 Å². The molecule has 2 heterocycles. The molecule has 1 spiro atoms. The van der Waals surface area contributed by atoms with Crippen LogP contribution in [0, 0.1) is 0 Å². The number of cyclic esters (lactones) is 1. The van der Waals surface area contributed by atoms with Crippen molar-refractivity contribution < 1.29 is 33.3 Å². The van der Waals surface area contributed by atoms with Crippen LogP contribution in [-0.4, -0.2) is 38.2 Å². The highest BCUT2D eigenvalue weighted by atomic mass is 16.6. The number of hydrogen-bond acceptors (Lipinski definition) is 9. The number of anilines is 1. The van der Waals surface area contributed by atoms with E-state index in [0.29, 0.717) is 11.3 Å². The van der Waals surface area contributed by atoms with Crippen LogP contribution in [0.25, 0.3) is 0 Å². The van der Waals surface area contributed by atoms with E-state index in [2.05, 4.69) is 5.32 Å². The Morgan fingerprint density at radius 2 is 1.65 bits per heavy atom. The smallest absolute Gasteiger partial charge is 0.339 e. The number of methoxy groups -OCH3 is 1. The number of rotatable bonds is 7. The van der Waals surface area contributed by atoms with Gasteiger partial charge in [-0.15, -0.1) is 0 Å². The number of para-hydroxylation sites is 1. The summed E-state index contributed by atoms with van der Waals surface area (Å²) < 4.78 is 21.2. The Bertz CT molecular complexity index is 1200. The summed E-state index contributed by atoms with van der Waals surface area (Å²) in [5.41, 5.74) is 5.47. The lowest BCUT2D eigenvalue weighted by Crippen LogP contribution is -2.48. The van der Waals surface area contributed by atoms with Gasteiger partial charge in [0.15, 0.2) is 5.41 Å². The van der Waals surface area contributed by atoms with E-state index in [1.54, 1.807) is 36.4 Å². The fourth-order valence-electron chi connectivity index (χ4n) is 4.21. The number of ether oxygens (including phenoxy) is 4. The van der Waals surface area contributed by atoms with Gasteiger partial charge in [-0.2, -0.15) is 0 Å². The molecule has 2 aromatic carbocycles. The van der Waals surface area contributed by atoms with Crippen LogP contribution >= 0.6 is 0 Å². The number of nitrogens with two attached hydrogens (primary N) is 1. The molecule has 0 aromatic heterocycles. The van der Waals surface area contributed by atoms with Gasteiger partial charge in [-0.05, 0) is 18.6 Å². The van der Waals surface area contributed by atoms with Crippen molar-refractivity contribution in [1.29, 1.82) is 0 Å². The van der Waals surface area contributed by atoms with Crippen LogP contribution < -0.4 is 11.1 Å². The van der Waals surface area contributed by atoms with Crippen LogP contribution in [0.15, 0.2) is 77.3 Å². The Balaban J connectivity index is 1.82. The summed E-state index contributed by atoms with van der Waals surface area (Å²) >= 11 is 0. The highest BCUT2D eigenvalue weighted by Gasteiger charge is 2.62. The molecular weight excluding hydrogens is 440 g/mol. The SMILES string of the molecule is COCCOC(=O)C1=C(N)Nc2ccccc2[C@@]12C(=O)OC(C)=C2C(=O)OCc1ccccc1. The lowest BCUT2D eigenvalue weighted by atomic mass is 9.67. The second-order valence-electron chi connectivity index (χ2n) is 7.72. The van der Waals surface area contributed by atoms with E-state index in [1.165, 1.54) is 14.0 Å². The van der Waals surface area contributed by atoms with Gasteiger partial charge in [-0.1, -0.05) is 48.5 Å². The van der Waals surface area contributed by atoms with Crippen LogP contribution in [0.2, 0.25) is 0 Å². The summed E-state index contributed by atoms with van der Waals surface area (Å²) in [5, 5.41) is 2.93. The molecule has 0 amide bonds. The average Bonchev–Trinajstić information content (AvgIpc) is 3.08. The quantitative estimate of drug-likeness (QED) is 0.360. The van der Waals surface area contributed by atoms with Gasteiger partial charge in [-0.25, -0.2) is 14.4 Å². The number of benzene rings is 2. The normalized spacial score (nSPS) is 18.9. The lowest BCUT2D eigenvalue weighted by Gasteiger charge is -2.36. The summed E-state index contributed by atoms with van der Waals surface area (Å²) in [7, 11) is 1.46. The number of fused-ring (bicyclic) bond motifs is 2. The van der Waals surface area contributed by atoms with E-state index in [-0.39, 0.29) is 42.5 Å². The van der Waals surface area contributed by atoms with E-state index in [9.17, 15) is 14.4 Å². The van der Waals surface area contributed by atoms with E-state index in [0.717, 1.165) is 5.56 Å². The molecule has 3 N–H and O–H groups in total. The molecule has 2 aliphatic rings. The van der Waals surface area contributed by atoms with Crippen molar-refractivity contribution in [2.45, 2.75) is 18.9 Å². The minimum atomic E-state index is -1.95.